The second-order valence-electron chi connectivity index (χ2n) is 6.84. The van der Waals surface area contributed by atoms with Gasteiger partial charge in [-0.2, -0.15) is 0 Å². The maximum absolute atomic E-state index is 11.2. The molecule has 0 radical (unpaired) electrons. The molecule has 1 aromatic heterocycles. The lowest BCUT2D eigenvalue weighted by Gasteiger charge is -2.11. The summed E-state index contributed by atoms with van der Waals surface area (Å²) < 4.78 is 11.2. The molecule has 0 bridgehead atoms. The lowest BCUT2D eigenvalue weighted by atomic mass is 10.0. The van der Waals surface area contributed by atoms with Crippen LogP contribution < -0.4 is 4.74 Å². The molecule has 2 aliphatic rings. The molecule has 1 saturated heterocycles. The Labute approximate surface area is 146 Å². The number of ether oxygens (including phenoxy) is 2. The van der Waals surface area contributed by atoms with E-state index >= 15 is 0 Å². The average Bonchev–Trinajstić information content (AvgIpc) is 3.29. The summed E-state index contributed by atoms with van der Waals surface area (Å²) in [6.45, 7) is 2.31. The minimum Gasteiger partial charge on any atom is -0.493 e. The van der Waals surface area contributed by atoms with Gasteiger partial charge < -0.3 is 14.6 Å². The van der Waals surface area contributed by atoms with E-state index in [4.69, 9.17) is 9.47 Å². The quantitative estimate of drug-likeness (QED) is 0.907. The molecule has 5 nitrogen and oxygen atoms in total. The molecule has 25 heavy (non-hydrogen) atoms. The Hall–Kier alpha value is -2.40. The number of rotatable bonds is 5. The number of benzene rings is 1. The van der Waals surface area contributed by atoms with Crippen molar-refractivity contribution in [3.05, 3.63) is 47.8 Å². The lowest BCUT2D eigenvalue weighted by molar-refractivity contribution is -0.141. The van der Waals surface area contributed by atoms with Crippen LogP contribution in [-0.4, -0.2) is 35.9 Å². The summed E-state index contributed by atoms with van der Waals surface area (Å²) in [6.07, 6.45) is 3.99. The topological polar surface area (TPSA) is 68.7 Å². The molecular formula is C20H21NO4. The van der Waals surface area contributed by atoms with E-state index < -0.39 is 5.97 Å². The van der Waals surface area contributed by atoms with Crippen molar-refractivity contribution in [2.24, 2.45) is 11.8 Å². The molecule has 1 aliphatic carbocycles. The van der Waals surface area contributed by atoms with Gasteiger partial charge >= 0.3 is 5.97 Å². The number of carbonyl (C=O) groups is 1. The van der Waals surface area contributed by atoms with Crippen LogP contribution in [0.3, 0.4) is 0 Å². The monoisotopic (exact) mass is 339 g/mol. The Bertz CT molecular complexity index is 766. The third-order valence-corrected chi connectivity index (χ3v) is 5.01. The van der Waals surface area contributed by atoms with Crippen LogP contribution in [0.1, 0.15) is 17.7 Å². The van der Waals surface area contributed by atoms with Crippen LogP contribution in [0.5, 0.6) is 5.75 Å². The third-order valence-electron chi connectivity index (χ3n) is 5.01. The number of hydrogen-bond acceptors (Lipinski definition) is 4. The molecule has 2 unspecified atom stereocenters. The van der Waals surface area contributed by atoms with Crippen LogP contribution in [0.15, 0.2) is 36.5 Å². The Morgan fingerprint density at radius 2 is 2.08 bits per heavy atom. The minimum atomic E-state index is -0.742. The summed E-state index contributed by atoms with van der Waals surface area (Å²) >= 11 is 0. The Balaban J connectivity index is 1.44. The first kappa shape index (κ1) is 16.1. The Morgan fingerprint density at radius 1 is 1.24 bits per heavy atom. The van der Waals surface area contributed by atoms with E-state index in [1.165, 1.54) is 0 Å². The molecule has 1 N–H and O–H groups in total. The maximum Gasteiger partial charge on any atom is 0.307 e. The van der Waals surface area contributed by atoms with Gasteiger partial charge in [-0.1, -0.05) is 12.1 Å². The van der Waals surface area contributed by atoms with Crippen LogP contribution in [0, 0.1) is 11.8 Å². The molecule has 1 aliphatic heterocycles. The van der Waals surface area contributed by atoms with E-state index in [-0.39, 0.29) is 5.92 Å². The van der Waals surface area contributed by atoms with Gasteiger partial charge in [-0.15, -0.1) is 0 Å². The van der Waals surface area contributed by atoms with Gasteiger partial charge in [0.15, 0.2) is 0 Å². The van der Waals surface area contributed by atoms with Crippen LogP contribution in [0.2, 0.25) is 0 Å². The van der Waals surface area contributed by atoms with E-state index in [1.807, 2.05) is 30.5 Å². The highest BCUT2D eigenvalue weighted by Crippen LogP contribution is 2.30. The standard InChI is InChI=1S/C20H21NO4/c22-20(23)16-7-15-8-17(10-21-19(15)9-16)14-1-3-18(4-2-14)25-12-13-5-6-24-11-13/h1-4,8,10,13,16H,5-7,9,11-12H2,(H,22,23). The normalized spacial score (nSPS) is 21.9. The Morgan fingerprint density at radius 3 is 2.80 bits per heavy atom. The molecule has 130 valence electrons. The van der Waals surface area contributed by atoms with Crippen molar-refractivity contribution in [3.8, 4) is 16.9 Å². The summed E-state index contributed by atoms with van der Waals surface area (Å²) in [4.78, 5) is 15.6. The molecule has 1 aromatic carbocycles. The van der Waals surface area contributed by atoms with Crippen LogP contribution >= 0.6 is 0 Å². The van der Waals surface area contributed by atoms with Gasteiger partial charge in [-0.3, -0.25) is 9.78 Å². The number of carboxylic acid groups (broad SMARTS) is 1. The number of hydrogen-bond donors (Lipinski definition) is 1. The van der Waals surface area contributed by atoms with Crippen molar-refractivity contribution in [2.75, 3.05) is 19.8 Å². The van der Waals surface area contributed by atoms with Gasteiger partial charge in [0.1, 0.15) is 5.75 Å². The largest absolute Gasteiger partial charge is 0.493 e. The molecule has 1 fully saturated rings. The molecule has 0 amide bonds. The van der Waals surface area contributed by atoms with Crippen LogP contribution in [-0.2, 0) is 22.4 Å². The molecule has 4 rings (SSSR count). The number of pyridine rings is 1. The van der Waals surface area contributed by atoms with E-state index in [1.54, 1.807) is 0 Å². The summed E-state index contributed by atoms with van der Waals surface area (Å²) in [5, 5.41) is 9.18. The second-order valence-corrected chi connectivity index (χ2v) is 6.84. The highest BCUT2D eigenvalue weighted by atomic mass is 16.5. The summed E-state index contributed by atoms with van der Waals surface area (Å²) in [7, 11) is 0. The number of aromatic nitrogens is 1. The van der Waals surface area contributed by atoms with Crippen molar-refractivity contribution in [1.82, 2.24) is 4.98 Å². The van der Waals surface area contributed by atoms with Gasteiger partial charge in [0.05, 0.1) is 19.1 Å². The van der Waals surface area contributed by atoms with Crippen molar-refractivity contribution in [1.29, 1.82) is 0 Å². The second kappa shape index (κ2) is 6.84. The average molecular weight is 339 g/mol. The van der Waals surface area contributed by atoms with Crippen molar-refractivity contribution in [3.63, 3.8) is 0 Å². The third kappa shape index (κ3) is 3.51. The molecule has 5 heteroatoms. The van der Waals surface area contributed by atoms with E-state index in [0.717, 1.165) is 47.8 Å². The predicted molar refractivity (Wildman–Crippen MR) is 92.6 cm³/mol. The van der Waals surface area contributed by atoms with Gasteiger partial charge in [-0.25, -0.2) is 0 Å². The summed E-state index contributed by atoms with van der Waals surface area (Å²) in [5.74, 6) is 0.264. The SMILES string of the molecule is O=C(O)C1Cc2cc(-c3ccc(OCC4CCOC4)cc3)cnc2C1. The van der Waals surface area contributed by atoms with Gasteiger partial charge in [0.25, 0.3) is 0 Å². The highest BCUT2D eigenvalue weighted by Gasteiger charge is 2.28. The zero-order chi connectivity index (χ0) is 17.2. The molecular weight excluding hydrogens is 318 g/mol. The molecule has 2 atom stereocenters. The number of fused-ring (bicyclic) bond motifs is 1. The summed E-state index contributed by atoms with van der Waals surface area (Å²) in [6, 6.07) is 10.1. The first-order valence-corrected chi connectivity index (χ1v) is 8.70. The number of carboxylic acids is 1. The highest BCUT2D eigenvalue weighted by molar-refractivity contribution is 5.73. The molecule has 0 spiro atoms. The lowest BCUT2D eigenvalue weighted by Crippen LogP contribution is -2.13. The first-order valence-electron chi connectivity index (χ1n) is 8.70. The van der Waals surface area contributed by atoms with E-state index in [0.29, 0.717) is 25.4 Å². The van der Waals surface area contributed by atoms with E-state index in [9.17, 15) is 9.90 Å². The molecule has 2 heterocycles. The van der Waals surface area contributed by atoms with Gasteiger partial charge in [-0.05, 0) is 42.2 Å². The predicted octanol–water partition coefficient (Wildman–Crippen LogP) is 2.96. The fourth-order valence-corrected chi connectivity index (χ4v) is 3.48. The fourth-order valence-electron chi connectivity index (χ4n) is 3.48. The van der Waals surface area contributed by atoms with Crippen LogP contribution in [0.4, 0.5) is 0 Å². The smallest absolute Gasteiger partial charge is 0.307 e. The maximum atomic E-state index is 11.2. The van der Waals surface area contributed by atoms with Crippen molar-refractivity contribution in [2.45, 2.75) is 19.3 Å². The zero-order valence-electron chi connectivity index (χ0n) is 14.0. The molecule has 0 saturated carbocycles. The van der Waals surface area contributed by atoms with Crippen molar-refractivity contribution < 1.29 is 19.4 Å². The zero-order valence-corrected chi connectivity index (χ0v) is 14.0. The van der Waals surface area contributed by atoms with Crippen molar-refractivity contribution >= 4 is 5.97 Å². The number of aliphatic carboxylic acids is 1. The van der Waals surface area contributed by atoms with Gasteiger partial charge in [0, 0.05) is 36.4 Å². The van der Waals surface area contributed by atoms with Gasteiger partial charge in [0.2, 0.25) is 0 Å². The first-order chi connectivity index (χ1) is 12.2. The minimum absolute atomic E-state index is 0.340. The number of nitrogens with zero attached hydrogens (tertiary/aromatic N) is 1. The Kier molecular flexibility index (Phi) is 4.40. The fraction of sp³-hybridized carbons (Fsp3) is 0.400. The molecule has 2 aromatic rings. The van der Waals surface area contributed by atoms with Crippen LogP contribution in [0.25, 0.3) is 11.1 Å². The summed E-state index contributed by atoms with van der Waals surface area (Å²) in [5.41, 5.74) is 4.03. The van der Waals surface area contributed by atoms with E-state index in [2.05, 4.69) is 11.1 Å².